The summed E-state index contributed by atoms with van der Waals surface area (Å²) in [6, 6.07) is 3.88. The number of carbonyl (C=O) groups is 1. The van der Waals surface area contributed by atoms with Gasteiger partial charge in [-0.05, 0) is 31.9 Å². The zero-order chi connectivity index (χ0) is 16.4. The minimum absolute atomic E-state index is 0. The predicted molar refractivity (Wildman–Crippen MR) is 101 cm³/mol. The second-order valence-electron chi connectivity index (χ2n) is 5.72. The molecular formula is C17H30Cl2N2O3. The fourth-order valence-electron chi connectivity index (χ4n) is 2.45. The third kappa shape index (κ3) is 8.83. The number of aliphatic carboxylic acids is 1. The van der Waals surface area contributed by atoms with Crippen LogP contribution in [0.3, 0.4) is 0 Å². The van der Waals surface area contributed by atoms with Crippen LogP contribution in [0.1, 0.15) is 51.5 Å². The van der Waals surface area contributed by atoms with E-state index in [0.717, 1.165) is 31.5 Å². The van der Waals surface area contributed by atoms with Gasteiger partial charge in [-0.15, -0.1) is 24.8 Å². The van der Waals surface area contributed by atoms with Gasteiger partial charge in [-0.3, -0.25) is 9.78 Å². The normalized spacial score (nSPS) is 16.0. The number of likely N-dealkylation sites (tertiary alicyclic amines) is 1. The number of halogens is 2. The van der Waals surface area contributed by atoms with E-state index in [0.29, 0.717) is 0 Å². The molecule has 1 fully saturated rings. The number of hydrogen-bond donors (Lipinski definition) is 2. The highest BCUT2D eigenvalue weighted by Crippen LogP contribution is 2.32. The van der Waals surface area contributed by atoms with E-state index in [9.17, 15) is 9.90 Å². The van der Waals surface area contributed by atoms with E-state index >= 15 is 0 Å². The Kier molecular flexibility index (Phi) is 14.2. The van der Waals surface area contributed by atoms with E-state index in [2.05, 4.69) is 16.8 Å². The summed E-state index contributed by atoms with van der Waals surface area (Å²) in [7, 11) is 0. The van der Waals surface area contributed by atoms with Crippen LogP contribution >= 0.6 is 24.8 Å². The number of carboxylic acids is 1. The first kappa shape index (κ1) is 25.4. The molecule has 1 aliphatic rings. The average Bonchev–Trinajstić information content (AvgIpc) is 2.56. The number of pyridine rings is 1. The molecule has 140 valence electrons. The highest BCUT2D eigenvalue weighted by Gasteiger charge is 2.33. The minimum atomic E-state index is -0.745. The maximum atomic E-state index is 10.6. The summed E-state index contributed by atoms with van der Waals surface area (Å²) >= 11 is 0. The lowest BCUT2D eigenvalue weighted by molar-refractivity contribution is -0.136. The second-order valence-corrected chi connectivity index (χ2v) is 5.72. The molecule has 1 aromatic heterocycles. The molecular weight excluding hydrogens is 351 g/mol. The Morgan fingerprint density at radius 2 is 1.88 bits per heavy atom. The molecule has 0 unspecified atom stereocenters. The van der Waals surface area contributed by atoms with Crippen LogP contribution in [0.5, 0.6) is 0 Å². The van der Waals surface area contributed by atoms with Crippen molar-refractivity contribution in [3.8, 4) is 0 Å². The van der Waals surface area contributed by atoms with Crippen LogP contribution in [0, 0.1) is 0 Å². The van der Waals surface area contributed by atoms with E-state index in [1.165, 1.54) is 19.4 Å². The summed E-state index contributed by atoms with van der Waals surface area (Å²) in [6.45, 7) is 6.97. The first-order valence-corrected chi connectivity index (χ1v) is 8.09. The zero-order valence-corrected chi connectivity index (χ0v) is 16.1. The highest BCUT2D eigenvalue weighted by atomic mass is 35.5. The smallest absolute Gasteiger partial charge is 0.303 e. The molecule has 0 bridgehead atoms. The summed E-state index contributed by atoms with van der Waals surface area (Å²) in [5, 5.41) is 18.3. The van der Waals surface area contributed by atoms with Gasteiger partial charge in [-0.25, -0.2) is 0 Å². The maximum absolute atomic E-state index is 10.6. The van der Waals surface area contributed by atoms with Gasteiger partial charge in [0.15, 0.2) is 0 Å². The number of carboxylic acid groups (broad SMARTS) is 1. The molecule has 0 aliphatic carbocycles. The predicted octanol–water partition coefficient (Wildman–Crippen LogP) is 3.49. The Balaban J connectivity index is 0. The van der Waals surface area contributed by atoms with E-state index in [4.69, 9.17) is 5.11 Å². The Hall–Kier alpha value is -0.880. The Morgan fingerprint density at radius 1 is 1.29 bits per heavy atom. The third-order valence-electron chi connectivity index (χ3n) is 4.01. The van der Waals surface area contributed by atoms with Gasteiger partial charge in [-0.1, -0.05) is 26.3 Å². The summed E-state index contributed by atoms with van der Waals surface area (Å²) in [5.41, 5.74) is 0.312. The molecule has 0 spiro atoms. The van der Waals surface area contributed by atoms with Crippen molar-refractivity contribution in [3.63, 3.8) is 0 Å². The lowest BCUT2D eigenvalue weighted by Gasteiger charge is -2.38. The second kappa shape index (κ2) is 13.4. The molecule has 2 rings (SSSR count). The van der Waals surface area contributed by atoms with E-state index in [-0.39, 0.29) is 31.2 Å². The summed E-state index contributed by atoms with van der Waals surface area (Å²) in [4.78, 5) is 15.9. The van der Waals surface area contributed by atoms with Crippen molar-refractivity contribution < 1.29 is 15.0 Å². The summed E-state index contributed by atoms with van der Waals surface area (Å²) in [6.07, 6.45) is 7.91. The van der Waals surface area contributed by atoms with Crippen molar-refractivity contribution in [1.29, 1.82) is 0 Å². The lowest BCUT2D eigenvalue weighted by atomic mass is 9.85. The number of rotatable bonds is 5. The number of aliphatic hydroxyl groups is 1. The summed E-state index contributed by atoms with van der Waals surface area (Å²) < 4.78 is 0. The standard InChI is InChI=1S/C14H22N2O.C3H6O2.2ClH/c1-2-3-9-16-10-6-14(17,7-11-16)13-5-4-8-15-12-13;1-2-3(4)5;;/h4-5,8,12,17H,2-3,6-7,9-11H2,1H3;2H2,1H3,(H,4,5);2*1H. The molecule has 1 aromatic rings. The van der Waals surface area contributed by atoms with Crippen molar-refractivity contribution >= 4 is 30.8 Å². The van der Waals surface area contributed by atoms with Gasteiger partial charge in [0.05, 0.1) is 5.60 Å². The average molecular weight is 381 g/mol. The molecule has 0 radical (unpaired) electrons. The van der Waals surface area contributed by atoms with Crippen molar-refractivity contribution in [2.75, 3.05) is 19.6 Å². The van der Waals surface area contributed by atoms with Gasteiger partial charge in [0, 0.05) is 37.5 Å². The van der Waals surface area contributed by atoms with Crippen molar-refractivity contribution in [2.45, 2.75) is 51.6 Å². The maximum Gasteiger partial charge on any atom is 0.303 e. The number of piperidine rings is 1. The van der Waals surface area contributed by atoms with Gasteiger partial charge in [0.25, 0.3) is 0 Å². The molecule has 2 N–H and O–H groups in total. The van der Waals surface area contributed by atoms with Crippen molar-refractivity contribution in [3.05, 3.63) is 30.1 Å². The van der Waals surface area contributed by atoms with Gasteiger partial charge in [-0.2, -0.15) is 0 Å². The molecule has 0 saturated carbocycles. The molecule has 0 amide bonds. The lowest BCUT2D eigenvalue weighted by Crippen LogP contribution is -2.42. The largest absolute Gasteiger partial charge is 0.481 e. The Bertz CT molecular complexity index is 439. The molecule has 5 nitrogen and oxygen atoms in total. The van der Waals surface area contributed by atoms with Crippen LogP contribution < -0.4 is 0 Å². The monoisotopic (exact) mass is 380 g/mol. The van der Waals surface area contributed by atoms with Crippen LogP contribution in [-0.2, 0) is 10.4 Å². The molecule has 1 saturated heterocycles. The van der Waals surface area contributed by atoms with E-state index in [1.54, 1.807) is 19.3 Å². The van der Waals surface area contributed by atoms with Crippen LogP contribution in [0.15, 0.2) is 24.5 Å². The first-order chi connectivity index (χ1) is 10.5. The van der Waals surface area contributed by atoms with Crippen molar-refractivity contribution in [2.24, 2.45) is 0 Å². The van der Waals surface area contributed by atoms with Crippen LogP contribution in [0.25, 0.3) is 0 Å². The Morgan fingerprint density at radius 3 is 2.29 bits per heavy atom. The van der Waals surface area contributed by atoms with Crippen LogP contribution in [0.2, 0.25) is 0 Å². The Labute approximate surface area is 157 Å². The molecule has 24 heavy (non-hydrogen) atoms. The van der Waals surface area contributed by atoms with Gasteiger partial charge in [0.2, 0.25) is 0 Å². The van der Waals surface area contributed by atoms with Gasteiger partial charge >= 0.3 is 5.97 Å². The molecule has 2 heterocycles. The van der Waals surface area contributed by atoms with E-state index < -0.39 is 11.6 Å². The molecule has 0 aromatic carbocycles. The van der Waals surface area contributed by atoms with E-state index in [1.807, 2.05) is 12.1 Å². The van der Waals surface area contributed by atoms with Crippen molar-refractivity contribution in [1.82, 2.24) is 9.88 Å². The molecule has 0 atom stereocenters. The fraction of sp³-hybridized carbons (Fsp3) is 0.647. The fourth-order valence-corrected chi connectivity index (χ4v) is 2.45. The number of hydrogen-bond acceptors (Lipinski definition) is 4. The molecule has 1 aliphatic heterocycles. The highest BCUT2D eigenvalue weighted by molar-refractivity contribution is 5.85. The molecule has 7 heteroatoms. The minimum Gasteiger partial charge on any atom is -0.481 e. The number of aromatic nitrogens is 1. The number of nitrogens with zero attached hydrogens (tertiary/aromatic N) is 2. The van der Waals surface area contributed by atoms with Gasteiger partial charge in [0.1, 0.15) is 0 Å². The topological polar surface area (TPSA) is 73.7 Å². The zero-order valence-electron chi connectivity index (χ0n) is 14.5. The first-order valence-electron chi connectivity index (χ1n) is 8.09. The third-order valence-corrected chi connectivity index (χ3v) is 4.01. The SMILES string of the molecule is CCC(=O)O.CCCCN1CCC(O)(c2cccnc2)CC1.Cl.Cl. The van der Waals surface area contributed by atoms with Crippen LogP contribution in [-0.4, -0.2) is 45.7 Å². The summed E-state index contributed by atoms with van der Waals surface area (Å²) in [5.74, 6) is -0.745. The number of unbranched alkanes of at least 4 members (excludes halogenated alkanes) is 1. The van der Waals surface area contributed by atoms with Gasteiger partial charge < -0.3 is 15.1 Å². The van der Waals surface area contributed by atoms with Crippen LogP contribution in [0.4, 0.5) is 0 Å². The quantitative estimate of drug-likeness (QED) is 0.817.